The van der Waals surface area contributed by atoms with Crippen molar-refractivity contribution in [2.45, 2.75) is 0 Å². The molecule has 0 radical (unpaired) electrons. The van der Waals surface area contributed by atoms with Crippen LogP contribution in [0.4, 0.5) is 17.1 Å². The van der Waals surface area contributed by atoms with Crippen molar-refractivity contribution in [3.05, 3.63) is 170 Å². The van der Waals surface area contributed by atoms with Crippen LogP contribution in [0.3, 0.4) is 0 Å². The first-order valence-corrected chi connectivity index (χ1v) is 18.3. The number of rotatable bonds is 3. The molecule has 0 spiro atoms. The number of nitrogens with zero attached hydrogens (tertiary/aromatic N) is 2. The molecule has 0 aliphatic carbocycles. The maximum absolute atomic E-state index is 2.60. The number of para-hydroxylation sites is 1. The Hall–Kier alpha value is -6.42. The zero-order valence-corrected chi connectivity index (χ0v) is 28.3. The Labute approximate surface area is 296 Å². The lowest BCUT2D eigenvalue weighted by molar-refractivity contribution is 1.29. The number of thiophene rings is 1. The van der Waals surface area contributed by atoms with E-state index < -0.39 is 0 Å². The molecule has 12 aromatic rings. The minimum atomic E-state index is 1.13. The molecular formula is C48H28N2S. The summed E-state index contributed by atoms with van der Waals surface area (Å²) in [7, 11) is 0. The van der Waals surface area contributed by atoms with Crippen molar-refractivity contribution >= 4 is 119 Å². The average molecular weight is 665 g/mol. The molecule has 236 valence electrons. The van der Waals surface area contributed by atoms with Gasteiger partial charge in [0.1, 0.15) is 0 Å². The minimum Gasteiger partial charge on any atom is -0.310 e. The normalized spacial score (nSPS) is 12.3. The van der Waals surface area contributed by atoms with Crippen LogP contribution in [0.1, 0.15) is 0 Å². The molecule has 51 heavy (non-hydrogen) atoms. The molecule has 0 saturated carbocycles. The van der Waals surface area contributed by atoms with Crippen LogP contribution >= 0.6 is 11.3 Å². The van der Waals surface area contributed by atoms with Crippen molar-refractivity contribution in [3.8, 4) is 0 Å². The maximum atomic E-state index is 2.60. The summed E-state index contributed by atoms with van der Waals surface area (Å²) in [5, 5.41) is 15.3. The zero-order chi connectivity index (χ0) is 33.2. The fourth-order valence-corrected chi connectivity index (χ4v) is 9.98. The molecule has 0 N–H and O–H groups in total. The topological polar surface area (TPSA) is 7.65 Å². The first-order valence-electron chi connectivity index (χ1n) is 17.5. The van der Waals surface area contributed by atoms with E-state index in [1.165, 1.54) is 90.6 Å². The van der Waals surface area contributed by atoms with E-state index in [-0.39, 0.29) is 0 Å². The summed E-state index contributed by atoms with van der Waals surface area (Å²) in [6, 6.07) is 63.0. The third-order valence-corrected chi connectivity index (χ3v) is 12.1. The largest absolute Gasteiger partial charge is 0.310 e. The Morgan fingerprint density at radius 1 is 0.353 bits per heavy atom. The van der Waals surface area contributed by atoms with Crippen LogP contribution in [0.25, 0.3) is 90.6 Å². The van der Waals surface area contributed by atoms with E-state index in [9.17, 15) is 0 Å². The highest BCUT2D eigenvalue weighted by Gasteiger charge is 2.22. The van der Waals surface area contributed by atoms with Gasteiger partial charge in [0.15, 0.2) is 0 Å². The summed E-state index contributed by atoms with van der Waals surface area (Å²) in [6.07, 6.45) is 0. The summed E-state index contributed by atoms with van der Waals surface area (Å²) in [6.45, 7) is 0. The average Bonchev–Trinajstić information content (AvgIpc) is 3.67. The lowest BCUT2D eigenvalue weighted by Crippen LogP contribution is -2.10. The smallest absolute Gasteiger partial charge is 0.0634 e. The van der Waals surface area contributed by atoms with Crippen molar-refractivity contribution in [1.29, 1.82) is 0 Å². The van der Waals surface area contributed by atoms with Crippen LogP contribution in [0, 0.1) is 0 Å². The van der Waals surface area contributed by atoms with Crippen LogP contribution < -0.4 is 4.90 Å². The van der Waals surface area contributed by atoms with Gasteiger partial charge in [0.05, 0.1) is 16.6 Å². The van der Waals surface area contributed by atoms with E-state index in [4.69, 9.17) is 0 Å². The predicted molar refractivity (Wildman–Crippen MR) is 221 cm³/mol. The van der Waals surface area contributed by atoms with Crippen molar-refractivity contribution < 1.29 is 0 Å². The molecule has 3 heteroatoms. The number of benzene rings is 9. The predicted octanol–water partition coefficient (Wildman–Crippen LogP) is 14.1. The summed E-state index contributed by atoms with van der Waals surface area (Å²) >= 11 is 1.91. The molecular weight excluding hydrogens is 637 g/mol. The van der Waals surface area contributed by atoms with Gasteiger partial charge in [0.25, 0.3) is 0 Å². The zero-order valence-electron chi connectivity index (χ0n) is 27.5. The van der Waals surface area contributed by atoms with E-state index in [1.54, 1.807) is 0 Å². The molecule has 0 atom stereocenters. The third kappa shape index (κ3) is 3.76. The summed E-state index contributed by atoms with van der Waals surface area (Å²) in [5.41, 5.74) is 7.17. The summed E-state index contributed by atoms with van der Waals surface area (Å²) < 4.78 is 5.27. The summed E-state index contributed by atoms with van der Waals surface area (Å²) in [4.78, 5) is 2.43. The second-order valence-corrected chi connectivity index (χ2v) is 14.8. The van der Waals surface area contributed by atoms with Crippen LogP contribution in [0.15, 0.2) is 170 Å². The van der Waals surface area contributed by atoms with Gasteiger partial charge in [-0.3, -0.25) is 0 Å². The maximum Gasteiger partial charge on any atom is 0.0634 e. The fraction of sp³-hybridized carbons (Fsp3) is 0. The quantitative estimate of drug-likeness (QED) is 0.182. The number of anilines is 3. The fourth-order valence-electron chi connectivity index (χ4n) is 8.80. The number of aromatic nitrogens is 1. The summed E-state index contributed by atoms with van der Waals surface area (Å²) in [5.74, 6) is 0. The van der Waals surface area contributed by atoms with Crippen molar-refractivity contribution in [2.24, 2.45) is 0 Å². The molecule has 0 bridgehead atoms. The molecule has 3 aromatic heterocycles. The Morgan fingerprint density at radius 3 is 1.67 bits per heavy atom. The SMILES string of the molecule is c1ccc2cc(N(c3ccc4ccccc4c3)c3ccc4c5cccc6c7cccc8sc9cc%10ccccc%10c(c9c87)n(c4c3)c65)ccc2c1. The molecule has 0 aliphatic heterocycles. The Bertz CT molecular complexity index is 3300. The van der Waals surface area contributed by atoms with Crippen LogP contribution in [-0.4, -0.2) is 4.40 Å². The van der Waals surface area contributed by atoms with Crippen LogP contribution in [0.5, 0.6) is 0 Å². The van der Waals surface area contributed by atoms with E-state index in [0.717, 1.165) is 17.1 Å². The van der Waals surface area contributed by atoms with E-state index in [2.05, 4.69) is 179 Å². The van der Waals surface area contributed by atoms with Gasteiger partial charge in [-0.25, -0.2) is 0 Å². The van der Waals surface area contributed by atoms with Gasteiger partial charge in [0, 0.05) is 58.8 Å². The van der Waals surface area contributed by atoms with Gasteiger partial charge < -0.3 is 9.30 Å². The first-order chi connectivity index (χ1) is 25.3. The third-order valence-electron chi connectivity index (χ3n) is 11.0. The standard InChI is InChI=1S/C48H28N2S/c1-3-11-31-25-34(21-19-29(31)9-1)49(35-22-20-30-10-2-4-12-32(30)26-35)36-23-24-38-40-16-7-17-41-39-15-8-18-43-45(39)46-44(51-43)27-33-13-5-6-14-37(33)48(46)50(47(40)41)42(38)28-36/h1-28H. The highest BCUT2D eigenvalue weighted by molar-refractivity contribution is 7.26. The second kappa shape index (κ2) is 10.1. The molecule has 9 aromatic carbocycles. The molecule has 0 aliphatic rings. The van der Waals surface area contributed by atoms with Crippen molar-refractivity contribution in [3.63, 3.8) is 0 Å². The van der Waals surface area contributed by atoms with E-state index in [1.807, 2.05) is 11.3 Å². The van der Waals surface area contributed by atoms with Crippen LogP contribution in [-0.2, 0) is 0 Å². The van der Waals surface area contributed by atoms with Gasteiger partial charge in [-0.05, 0) is 80.8 Å². The van der Waals surface area contributed by atoms with E-state index in [0.29, 0.717) is 0 Å². The minimum absolute atomic E-state index is 1.13. The molecule has 3 heterocycles. The molecule has 2 nitrogen and oxygen atoms in total. The highest BCUT2D eigenvalue weighted by atomic mass is 32.1. The number of hydrogen-bond acceptors (Lipinski definition) is 2. The van der Waals surface area contributed by atoms with Gasteiger partial charge in [-0.1, -0.05) is 121 Å². The van der Waals surface area contributed by atoms with E-state index >= 15 is 0 Å². The monoisotopic (exact) mass is 664 g/mol. The number of fused-ring (bicyclic) bond motifs is 9. The lowest BCUT2D eigenvalue weighted by Gasteiger charge is -2.26. The lowest BCUT2D eigenvalue weighted by atomic mass is 10.0. The van der Waals surface area contributed by atoms with Gasteiger partial charge in [-0.2, -0.15) is 0 Å². The number of hydrogen-bond donors (Lipinski definition) is 0. The Morgan fingerprint density at radius 2 is 0.922 bits per heavy atom. The highest BCUT2D eigenvalue weighted by Crippen LogP contribution is 2.48. The molecule has 0 unspecified atom stereocenters. The van der Waals surface area contributed by atoms with Gasteiger partial charge >= 0.3 is 0 Å². The Kier molecular flexibility index (Phi) is 5.41. The Balaban J connectivity index is 1.26. The first kappa shape index (κ1) is 27.4. The molecule has 0 fully saturated rings. The van der Waals surface area contributed by atoms with Crippen molar-refractivity contribution in [1.82, 2.24) is 4.40 Å². The molecule has 0 saturated heterocycles. The molecule has 0 amide bonds. The van der Waals surface area contributed by atoms with Crippen molar-refractivity contribution in [2.75, 3.05) is 4.90 Å². The molecule has 12 rings (SSSR count). The van der Waals surface area contributed by atoms with Gasteiger partial charge in [0.2, 0.25) is 0 Å². The van der Waals surface area contributed by atoms with Crippen LogP contribution in [0.2, 0.25) is 0 Å². The van der Waals surface area contributed by atoms with Gasteiger partial charge in [-0.15, -0.1) is 11.3 Å². The second-order valence-electron chi connectivity index (χ2n) is 13.7.